The second kappa shape index (κ2) is 4.97. The summed E-state index contributed by atoms with van der Waals surface area (Å²) < 4.78 is 66.3. The van der Waals surface area contributed by atoms with E-state index in [0.717, 1.165) is 18.2 Å². The van der Waals surface area contributed by atoms with Crippen molar-refractivity contribution >= 4 is 0 Å². The smallest absolute Gasteiger partial charge is 0.134 e. The van der Waals surface area contributed by atoms with Crippen LogP contribution in [0.5, 0.6) is 0 Å². The Kier molecular flexibility index (Phi) is 3.53. The van der Waals surface area contributed by atoms with Crippen molar-refractivity contribution < 1.29 is 22.0 Å². The van der Waals surface area contributed by atoms with Crippen LogP contribution in [0.1, 0.15) is 17.2 Å². The Morgan fingerprint density at radius 1 is 0.737 bits per heavy atom. The molecule has 0 saturated heterocycles. The normalized spacial score (nSPS) is 12.5. The summed E-state index contributed by atoms with van der Waals surface area (Å²) in [7, 11) is 0. The third-order valence-electron chi connectivity index (χ3n) is 2.65. The highest BCUT2D eigenvalue weighted by molar-refractivity contribution is 5.34. The van der Waals surface area contributed by atoms with Crippen molar-refractivity contribution in [2.75, 3.05) is 0 Å². The van der Waals surface area contributed by atoms with Crippen LogP contribution in [-0.2, 0) is 0 Å². The topological polar surface area (TPSA) is 26.0 Å². The summed E-state index contributed by atoms with van der Waals surface area (Å²) in [6.07, 6.45) is 0. The number of benzene rings is 2. The van der Waals surface area contributed by atoms with Crippen LogP contribution in [0.15, 0.2) is 30.3 Å². The van der Waals surface area contributed by atoms with Crippen molar-refractivity contribution in [1.29, 1.82) is 0 Å². The molecule has 0 radical (unpaired) electrons. The lowest BCUT2D eigenvalue weighted by molar-refractivity contribution is 0.507. The Labute approximate surface area is 105 Å². The summed E-state index contributed by atoms with van der Waals surface area (Å²) >= 11 is 0. The molecule has 1 unspecified atom stereocenters. The predicted molar refractivity (Wildman–Crippen MR) is 58.7 cm³/mol. The molecule has 0 aliphatic rings. The van der Waals surface area contributed by atoms with Crippen LogP contribution in [0.3, 0.4) is 0 Å². The maximum Gasteiger partial charge on any atom is 0.134 e. The van der Waals surface area contributed by atoms with E-state index < -0.39 is 46.3 Å². The van der Waals surface area contributed by atoms with E-state index in [4.69, 9.17) is 5.73 Å². The molecule has 0 bridgehead atoms. The summed E-state index contributed by atoms with van der Waals surface area (Å²) in [4.78, 5) is 0. The van der Waals surface area contributed by atoms with Gasteiger partial charge in [-0.05, 0) is 18.2 Å². The molecule has 2 aromatic rings. The molecule has 0 heterocycles. The Balaban J connectivity index is 2.56. The van der Waals surface area contributed by atoms with E-state index in [1.54, 1.807) is 0 Å². The van der Waals surface area contributed by atoms with E-state index in [2.05, 4.69) is 0 Å². The van der Waals surface area contributed by atoms with Gasteiger partial charge in [-0.2, -0.15) is 0 Å². The standard InChI is InChI=1S/C13H8F5N/c14-6-1-2-9(16)8(3-6)13(19)12-10(17)4-7(15)5-11(12)18/h1-5,13H,19H2. The number of halogens is 5. The maximum atomic E-state index is 13.5. The third-order valence-corrected chi connectivity index (χ3v) is 2.65. The molecule has 0 amide bonds. The van der Waals surface area contributed by atoms with Gasteiger partial charge in [0.2, 0.25) is 0 Å². The second-order valence-electron chi connectivity index (χ2n) is 3.93. The Morgan fingerprint density at radius 3 is 1.89 bits per heavy atom. The van der Waals surface area contributed by atoms with Crippen LogP contribution < -0.4 is 5.73 Å². The van der Waals surface area contributed by atoms with E-state index in [-0.39, 0.29) is 0 Å². The van der Waals surface area contributed by atoms with E-state index >= 15 is 0 Å². The lowest BCUT2D eigenvalue weighted by Crippen LogP contribution is -2.17. The average molecular weight is 273 g/mol. The van der Waals surface area contributed by atoms with Gasteiger partial charge >= 0.3 is 0 Å². The molecule has 0 saturated carbocycles. The minimum atomic E-state index is -1.57. The number of hydrogen-bond acceptors (Lipinski definition) is 1. The first-order valence-corrected chi connectivity index (χ1v) is 5.25. The molecule has 2 N–H and O–H groups in total. The summed E-state index contributed by atoms with van der Waals surface area (Å²) in [5, 5.41) is 0. The highest BCUT2D eigenvalue weighted by atomic mass is 19.2. The van der Waals surface area contributed by atoms with Crippen LogP contribution in [-0.4, -0.2) is 0 Å². The zero-order valence-electron chi connectivity index (χ0n) is 9.43. The largest absolute Gasteiger partial charge is 0.320 e. The van der Waals surface area contributed by atoms with Gasteiger partial charge in [-0.15, -0.1) is 0 Å². The van der Waals surface area contributed by atoms with Gasteiger partial charge < -0.3 is 5.73 Å². The van der Waals surface area contributed by atoms with Crippen molar-refractivity contribution in [2.24, 2.45) is 5.73 Å². The molecule has 0 fully saturated rings. The van der Waals surface area contributed by atoms with Gasteiger partial charge in [-0.1, -0.05) is 0 Å². The van der Waals surface area contributed by atoms with Gasteiger partial charge in [0.25, 0.3) is 0 Å². The number of nitrogens with two attached hydrogens (primary N) is 1. The van der Waals surface area contributed by atoms with E-state index in [0.29, 0.717) is 12.1 Å². The summed E-state index contributed by atoms with van der Waals surface area (Å²) in [5.74, 6) is -5.33. The van der Waals surface area contributed by atoms with Crippen molar-refractivity contribution in [1.82, 2.24) is 0 Å². The first kappa shape index (κ1) is 13.5. The number of rotatable bonds is 2. The van der Waals surface area contributed by atoms with Gasteiger partial charge in [0.1, 0.15) is 29.1 Å². The minimum Gasteiger partial charge on any atom is -0.320 e. The fourth-order valence-electron chi connectivity index (χ4n) is 1.76. The van der Waals surface area contributed by atoms with E-state index in [1.165, 1.54) is 0 Å². The van der Waals surface area contributed by atoms with E-state index in [9.17, 15) is 22.0 Å². The molecule has 2 rings (SSSR count). The minimum absolute atomic E-state index is 0.413. The fourth-order valence-corrected chi connectivity index (χ4v) is 1.76. The average Bonchev–Trinajstić information content (AvgIpc) is 2.30. The lowest BCUT2D eigenvalue weighted by atomic mass is 9.98. The molecule has 19 heavy (non-hydrogen) atoms. The van der Waals surface area contributed by atoms with Gasteiger partial charge in [-0.3, -0.25) is 0 Å². The first-order valence-electron chi connectivity index (χ1n) is 5.25. The van der Waals surface area contributed by atoms with Crippen LogP contribution in [0.25, 0.3) is 0 Å². The molecule has 0 spiro atoms. The Morgan fingerprint density at radius 2 is 1.32 bits per heavy atom. The first-order chi connectivity index (χ1) is 8.90. The fraction of sp³-hybridized carbons (Fsp3) is 0.0769. The molecule has 6 heteroatoms. The van der Waals surface area contributed by atoms with Crippen molar-refractivity contribution in [3.63, 3.8) is 0 Å². The zero-order chi connectivity index (χ0) is 14.2. The third kappa shape index (κ3) is 2.58. The van der Waals surface area contributed by atoms with Crippen molar-refractivity contribution in [3.05, 3.63) is 70.5 Å². The SMILES string of the molecule is NC(c1cc(F)ccc1F)c1c(F)cc(F)cc1F. The van der Waals surface area contributed by atoms with Gasteiger partial charge in [0.05, 0.1) is 6.04 Å². The zero-order valence-corrected chi connectivity index (χ0v) is 9.43. The highest BCUT2D eigenvalue weighted by Crippen LogP contribution is 2.27. The summed E-state index contributed by atoms with van der Waals surface area (Å²) in [6.45, 7) is 0. The molecule has 0 aromatic heterocycles. The molecular weight excluding hydrogens is 265 g/mol. The van der Waals surface area contributed by atoms with Crippen molar-refractivity contribution in [3.8, 4) is 0 Å². The second-order valence-corrected chi connectivity index (χ2v) is 3.93. The molecule has 1 nitrogen and oxygen atoms in total. The lowest BCUT2D eigenvalue weighted by Gasteiger charge is -2.15. The van der Waals surface area contributed by atoms with Crippen LogP contribution in [0.2, 0.25) is 0 Å². The highest BCUT2D eigenvalue weighted by Gasteiger charge is 2.22. The molecule has 1 atom stereocenters. The van der Waals surface area contributed by atoms with Gasteiger partial charge in [-0.25, -0.2) is 22.0 Å². The van der Waals surface area contributed by atoms with Crippen LogP contribution >= 0.6 is 0 Å². The Bertz CT molecular complexity index is 603. The molecular formula is C13H8F5N. The van der Waals surface area contributed by atoms with Gasteiger partial charge in [0.15, 0.2) is 0 Å². The van der Waals surface area contributed by atoms with E-state index in [1.807, 2.05) is 0 Å². The monoisotopic (exact) mass is 273 g/mol. The molecule has 0 aliphatic carbocycles. The molecule has 0 aliphatic heterocycles. The maximum absolute atomic E-state index is 13.5. The molecule has 2 aromatic carbocycles. The summed E-state index contributed by atoms with van der Waals surface area (Å²) in [6, 6.07) is 1.66. The quantitative estimate of drug-likeness (QED) is 0.833. The Hall–Kier alpha value is -1.95. The van der Waals surface area contributed by atoms with Crippen LogP contribution in [0, 0.1) is 29.1 Å². The van der Waals surface area contributed by atoms with Gasteiger partial charge in [0, 0.05) is 23.3 Å². The molecule has 100 valence electrons. The van der Waals surface area contributed by atoms with Crippen molar-refractivity contribution in [2.45, 2.75) is 6.04 Å². The van der Waals surface area contributed by atoms with Crippen LogP contribution in [0.4, 0.5) is 22.0 Å². The number of hydrogen-bond donors (Lipinski definition) is 1. The summed E-state index contributed by atoms with van der Waals surface area (Å²) in [5.41, 5.74) is 4.40. The predicted octanol–water partition coefficient (Wildman–Crippen LogP) is 3.43.